The highest BCUT2D eigenvalue weighted by Gasteiger charge is 2.33. The zero-order valence-electron chi connectivity index (χ0n) is 16.4. The lowest BCUT2D eigenvalue weighted by Crippen LogP contribution is -2.18. The van der Waals surface area contributed by atoms with Gasteiger partial charge in [0, 0.05) is 17.7 Å². The molecule has 2 aromatic carbocycles. The van der Waals surface area contributed by atoms with Crippen LogP contribution in [-0.4, -0.2) is 35.6 Å². The van der Waals surface area contributed by atoms with Gasteiger partial charge in [0.15, 0.2) is 9.84 Å². The number of sulfone groups is 1. The first kappa shape index (κ1) is 20.5. The third-order valence-corrected chi connectivity index (χ3v) is 6.20. The standard InChI is InChI=1S/C20H18N4O6S/c1-2-30-18-6-4-3-5-15(18)20(25)21-19-16-11-31(28,29)12-17(16)22-23(19)13-7-9-14(10-8-13)24(26)27/h3-10H,2,11-12H2,1H3,(H,21,25). The molecule has 31 heavy (non-hydrogen) atoms. The highest BCUT2D eigenvalue weighted by atomic mass is 32.2. The number of non-ortho nitro benzene ring substituents is 1. The van der Waals surface area contributed by atoms with Crippen molar-refractivity contribution in [2.45, 2.75) is 18.4 Å². The zero-order valence-corrected chi connectivity index (χ0v) is 17.3. The van der Waals surface area contributed by atoms with Gasteiger partial charge in [-0.2, -0.15) is 5.10 Å². The Morgan fingerprint density at radius 3 is 2.58 bits per heavy atom. The van der Waals surface area contributed by atoms with E-state index in [1.165, 1.54) is 28.9 Å². The molecule has 0 unspecified atom stereocenters. The summed E-state index contributed by atoms with van der Waals surface area (Å²) in [6.45, 7) is 2.18. The number of hydrogen-bond acceptors (Lipinski definition) is 7. The van der Waals surface area contributed by atoms with Crippen molar-refractivity contribution >= 4 is 27.2 Å². The molecule has 0 fully saturated rings. The van der Waals surface area contributed by atoms with Gasteiger partial charge in [-0.1, -0.05) is 12.1 Å². The third kappa shape index (κ3) is 3.99. The lowest BCUT2D eigenvalue weighted by molar-refractivity contribution is -0.384. The van der Waals surface area contributed by atoms with Gasteiger partial charge in [-0.3, -0.25) is 14.9 Å². The van der Waals surface area contributed by atoms with Crippen LogP contribution in [0.3, 0.4) is 0 Å². The second-order valence-electron chi connectivity index (χ2n) is 6.87. The van der Waals surface area contributed by atoms with E-state index in [-0.39, 0.29) is 28.6 Å². The molecule has 10 nitrogen and oxygen atoms in total. The molecular weight excluding hydrogens is 424 g/mol. The van der Waals surface area contributed by atoms with Crippen LogP contribution in [0.1, 0.15) is 28.5 Å². The molecule has 3 aromatic rings. The van der Waals surface area contributed by atoms with Gasteiger partial charge in [0.25, 0.3) is 11.6 Å². The molecular formula is C20H18N4O6S. The molecule has 2 heterocycles. The minimum atomic E-state index is -3.36. The highest BCUT2D eigenvalue weighted by Crippen LogP contribution is 2.34. The van der Waals surface area contributed by atoms with Crippen molar-refractivity contribution in [1.29, 1.82) is 0 Å². The van der Waals surface area contributed by atoms with E-state index in [9.17, 15) is 23.3 Å². The van der Waals surface area contributed by atoms with E-state index in [1.807, 2.05) is 0 Å². The number of benzene rings is 2. The summed E-state index contributed by atoms with van der Waals surface area (Å²) >= 11 is 0. The number of rotatable bonds is 6. The minimum Gasteiger partial charge on any atom is -0.493 e. The van der Waals surface area contributed by atoms with Crippen LogP contribution in [0.15, 0.2) is 48.5 Å². The first-order valence-corrected chi connectivity index (χ1v) is 11.2. The molecule has 1 aromatic heterocycles. The molecule has 0 aliphatic carbocycles. The number of fused-ring (bicyclic) bond motifs is 1. The second-order valence-corrected chi connectivity index (χ2v) is 8.94. The Kier molecular flexibility index (Phi) is 5.19. The van der Waals surface area contributed by atoms with E-state index in [2.05, 4.69) is 10.4 Å². The predicted molar refractivity (Wildman–Crippen MR) is 112 cm³/mol. The Morgan fingerprint density at radius 1 is 1.19 bits per heavy atom. The highest BCUT2D eigenvalue weighted by molar-refractivity contribution is 7.90. The second kappa shape index (κ2) is 7.84. The molecule has 1 N–H and O–H groups in total. The van der Waals surface area contributed by atoms with Gasteiger partial charge in [-0.25, -0.2) is 13.1 Å². The number of nitrogens with zero attached hydrogens (tertiary/aromatic N) is 3. The van der Waals surface area contributed by atoms with Crippen molar-refractivity contribution < 1.29 is 22.9 Å². The van der Waals surface area contributed by atoms with E-state index in [4.69, 9.17) is 4.74 Å². The van der Waals surface area contributed by atoms with Crippen molar-refractivity contribution in [3.63, 3.8) is 0 Å². The predicted octanol–water partition coefficient (Wildman–Crippen LogP) is 2.86. The maximum atomic E-state index is 13.0. The Bertz CT molecular complexity index is 1280. The van der Waals surface area contributed by atoms with Crippen molar-refractivity contribution in [2.24, 2.45) is 0 Å². The van der Waals surface area contributed by atoms with Crippen LogP contribution in [0.2, 0.25) is 0 Å². The smallest absolute Gasteiger partial charge is 0.269 e. The average Bonchev–Trinajstić information content (AvgIpc) is 3.21. The molecule has 0 saturated carbocycles. The molecule has 1 amide bonds. The van der Waals surface area contributed by atoms with E-state index < -0.39 is 20.7 Å². The fourth-order valence-electron chi connectivity index (χ4n) is 3.38. The van der Waals surface area contributed by atoms with Crippen molar-refractivity contribution in [3.8, 4) is 11.4 Å². The van der Waals surface area contributed by atoms with Crippen molar-refractivity contribution in [2.75, 3.05) is 11.9 Å². The summed E-state index contributed by atoms with van der Waals surface area (Å²) in [5.74, 6) is -0.368. The van der Waals surface area contributed by atoms with Crippen LogP contribution in [-0.2, 0) is 21.3 Å². The number of anilines is 1. The van der Waals surface area contributed by atoms with Crippen LogP contribution in [0.5, 0.6) is 5.75 Å². The van der Waals surface area contributed by atoms with Gasteiger partial charge in [0.1, 0.15) is 11.6 Å². The molecule has 1 aliphatic heterocycles. The molecule has 0 atom stereocenters. The van der Waals surface area contributed by atoms with Gasteiger partial charge >= 0.3 is 0 Å². The first-order valence-electron chi connectivity index (χ1n) is 9.38. The fraction of sp³-hybridized carbons (Fsp3) is 0.200. The summed E-state index contributed by atoms with van der Waals surface area (Å²) in [7, 11) is -3.36. The number of carbonyl (C=O) groups is 1. The number of ether oxygens (including phenoxy) is 1. The number of nitrogens with one attached hydrogen (secondary N) is 1. The summed E-state index contributed by atoms with van der Waals surface area (Å²) in [5.41, 5.74) is 1.38. The Hall–Kier alpha value is -3.73. The van der Waals surface area contributed by atoms with Crippen LogP contribution in [0.25, 0.3) is 5.69 Å². The number of nitro groups is 1. The number of amides is 1. The number of carbonyl (C=O) groups excluding carboxylic acids is 1. The molecule has 0 saturated heterocycles. The van der Waals surface area contributed by atoms with Gasteiger partial charge < -0.3 is 10.1 Å². The maximum absolute atomic E-state index is 13.0. The number of aromatic nitrogens is 2. The summed E-state index contributed by atoms with van der Waals surface area (Å²) in [4.78, 5) is 23.4. The summed E-state index contributed by atoms with van der Waals surface area (Å²) < 4.78 is 31.1. The Labute approximate surface area is 177 Å². The first-order chi connectivity index (χ1) is 14.8. The monoisotopic (exact) mass is 442 g/mol. The summed E-state index contributed by atoms with van der Waals surface area (Å²) in [5, 5.41) is 18.1. The number of para-hydroxylation sites is 1. The normalized spacial score (nSPS) is 14.1. The minimum absolute atomic E-state index is 0.0951. The Balaban J connectivity index is 1.76. The van der Waals surface area contributed by atoms with Crippen LogP contribution in [0.4, 0.5) is 11.5 Å². The summed E-state index contributed by atoms with van der Waals surface area (Å²) in [6.07, 6.45) is 0. The molecule has 4 rings (SSSR count). The van der Waals surface area contributed by atoms with Crippen LogP contribution < -0.4 is 10.1 Å². The molecule has 160 valence electrons. The van der Waals surface area contributed by atoms with Gasteiger partial charge in [-0.15, -0.1) is 0 Å². The van der Waals surface area contributed by atoms with E-state index in [1.54, 1.807) is 31.2 Å². The fourth-order valence-corrected chi connectivity index (χ4v) is 4.88. The number of hydrogen-bond donors (Lipinski definition) is 1. The summed E-state index contributed by atoms with van der Waals surface area (Å²) in [6, 6.07) is 12.3. The largest absolute Gasteiger partial charge is 0.493 e. The van der Waals surface area contributed by atoms with Gasteiger partial charge in [0.2, 0.25) is 0 Å². The topological polar surface area (TPSA) is 133 Å². The molecule has 0 radical (unpaired) electrons. The van der Waals surface area contributed by atoms with Gasteiger partial charge in [-0.05, 0) is 31.2 Å². The van der Waals surface area contributed by atoms with Crippen molar-refractivity contribution in [3.05, 3.63) is 75.5 Å². The van der Waals surface area contributed by atoms with E-state index in [0.29, 0.717) is 29.3 Å². The van der Waals surface area contributed by atoms with Gasteiger partial charge in [0.05, 0.1) is 40.0 Å². The maximum Gasteiger partial charge on any atom is 0.269 e. The quantitative estimate of drug-likeness (QED) is 0.458. The molecule has 1 aliphatic rings. The molecule has 0 bridgehead atoms. The van der Waals surface area contributed by atoms with Crippen LogP contribution in [0, 0.1) is 10.1 Å². The number of nitro benzene ring substituents is 1. The molecule has 0 spiro atoms. The van der Waals surface area contributed by atoms with E-state index >= 15 is 0 Å². The van der Waals surface area contributed by atoms with E-state index in [0.717, 1.165) is 0 Å². The van der Waals surface area contributed by atoms with Crippen LogP contribution >= 0.6 is 0 Å². The SMILES string of the molecule is CCOc1ccccc1C(=O)Nc1c2c(nn1-c1ccc([N+](=O)[O-])cc1)CS(=O)(=O)C2. The zero-order chi connectivity index (χ0) is 22.2. The lowest BCUT2D eigenvalue weighted by atomic mass is 10.2. The lowest BCUT2D eigenvalue weighted by Gasteiger charge is -2.13. The Morgan fingerprint density at radius 2 is 1.90 bits per heavy atom. The molecule has 11 heteroatoms. The average molecular weight is 442 g/mol. The van der Waals surface area contributed by atoms with Crippen molar-refractivity contribution in [1.82, 2.24) is 9.78 Å². The third-order valence-electron chi connectivity index (χ3n) is 4.76.